The van der Waals surface area contributed by atoms with Crippen LogP contribution in [0.5, 0.6) is 0 Å². The number of carbonyl (C=O) groups excluding carboxylic acids is 2. The molecule has 0 atom stereocenters. The van der Waals surface area contributed by atoms with Crippen LogP contribution in [0.15, 0.2) is 36.7 Å². The average Bonchev–Trinajstić information content (AvgIpc) is 2.55. The highest BCUT2D eigenvalue weighted by atomic mass is 16.5. The Morgan fingerprint density at radius 2 is 1.86 bits per heavy atom. The maximum absolute atomic E-state index is 11.9. The Labute approximate surface area is 127 Å². The van der Waals surface area contributed by atoms with Gasteiger partial charge < -0.3 is 15.8 Å². The Morgan fingerprint density at radius 3 is 2.50 bits per heavy atom. The van der Waals surface area contributed by atoms with Crippen LogP contribution in [0.3, 0.4) is 0 Å². The summed E-state index contributed by atoms with van der Waals surface area (Å²) < 4.78 is 4.63. The van der Waals surface area contributed by atoms with Crippen molar-refractivity contribution < 1.29 is 14.3 Å². The smallest absolute Gasteiger partial charge is 0.337 e. The minimum atomic E-state index is -0.377. The topological polar surface area (TPSA) is 107 Å². The molecule has 0 bridgehead atoms. The van der Waals surface area contributed by atoms with Crippen LogP contribution in [-0.4, -0.2) is 35.5 Å². The minimum absolute atomic E-state index is 0.0995. The van der Waals surface area contributed by atoms with Gasteiger partial charge in [-0.25, -0.2) is 14.8 Å². The van der Waals surface area contributed by atoms with Gasteiger partial charge >= 0.3 is 5.97 Å². The van der Waals surface area contributed by atoms with Gasteiger partial charge in [0.1, 0.15) is 0 Å². The van der Waals surface area contributed by atoms with Crippen LogP contribution in [-0.2, 0) is 11.2 Å². The van der Waals surface area contributed by atoms with Crippen molar-refractivity contribution in [2.24, 2.45) is 0 Å². The second-order valence-corrected chi connectivity index (χ2v) is 4.48. The van der Waals surface area contributed by atoms with E-state index in [9.17, 15) is 9.59 Å². The molecule has 1 aromatic carbocycles. The number of hydrogen-bond donors (Lipinski definition) is 2. The number of nitrogens with one attached hydrogen (secondary N) is 1. The lowest BCUT2D eigenvalue weighted by atomic mass is 10.1. The minimum Gasteiger partial charge on any atom is -0.465 e. The number of nitrogens with zero attached hydrogens (tertiary/aromatic N) is 2. The lowest BCUT2D eigenvalue weighted by molar-refractivity contribution is 0.0600. The standard InChI is InChI=1S/C15H16N4O3/c1-22-15(21)11-4-2-10(3-5-11)6-7-19-14(20)12-13(16)18-9-8-17-12/h2-5,8-9H,6-7H2,1H3,(H2,16,18)(H,19,20). The van der Waals surface area contributed by atoms with E-state index in [4.69, 9.17) is 5.73 Å². The molecule has 0 aliphatic heterocycles. The van der Waals surface area contributed by atoms with Crippen molar-refractivity contribution in [3.8, 4) is 0 Å². The Hall–Kier alpha value is -2.96. The van der Waals surface area contributed by atoms with Crippen LogP contribution in [0, 0.1) is 0 Å². The summed E-state index contributed by atoms with van der Waals surface area (Å²) in [5.74, 6) is -0.641. The van der Waals surface area contributed by atoms with E-state index in [0.717, 1.165) is 5.56 Å². The summed E-state index contributed by atoms with van der Waals surface area (Å²) in [4.78, 5) is 30.9. The third kappa shape index (κ3) is 3.78. The molecule has 0 saturated heterocycles. The summed E-state index contributed by atoms with van der Waals surface area (Å²) in [5, 5.41) is 2.72. The van der Waals surface area contributed by atoms with Crippen molar-refractivity contribution in [3.63, 3.8) is 0 Å². The van der Waals surface area contributed by atoms with E-state index in [1.165, 1.54) is 19.5 Å². The molecule has 0 radical (unpaired) electrons. The molecule has 22 heavy (non-hydrogen) atoms. The zero-order valence-electron chi connectivity index (χ0n) is 12.1. The fourth-order valence-electron chi connectivity index (χ4n) is 1.85. The molecule has 0 fully saturated rings. The van der Waals surface area contributed by atoms with Gasteiger partial charge in [-0.2, -0.15) is 0 Å². The number of amides is 1. The van der Waals surface area contributed by atoms with E-state index < -0.39 is 0 Å². The van der Waals surface area contributed by atoms with Crippen molar-refractivity contribution >= 4 is 17.7 Å². The average molecular weight is 300 g/mol. The molecule has 0 saturated carbocycles. The Morgan fingerprint density at radius 1 is 1.18 bits per heavy atom. The molecule has 1 amide bonds. The first kappa shape index (κ1) is 15.4. The maximum Gasteiger partial charge on any atom is 0.337 e. The fourth-order valence-corrected chi connectivity index (χ4v) is 1.85. The van der Waals surface area contributed by atoms with Gasteiger partial charge in [-0.3, -0.25) is 4.79 Å². The zero-order valence-corrected chi connectivity index (χ0v) is 12.1. The number of ether oxygens (including phenoxy) is 1. The molecule has 7 nitrogen and oxygen atoms in total. The molecule has 7 heteroatoms. The number of carbonyl (C=O) groups is 2. The second-order valence-electron chi connectivity index (χ2n) is 4.48. The second kappa shape index (κ2) is 7.16. The molecule has 0 aliphatic carbocycles. The number of nitrogens with two attached hydrogens (primary N) is 1. The molecule has 0 unspecified atom stereocenters. The number of hydrogen-bond acceptors (Lipinski definition) is 6. The molecule has 1 heterocycles. The van der Waals surface area contributed by atoms with E-state index >= 15 is 0 Å². The number of anilines is 1. The SMILES string of the molecule is COC(=O)c1ccc(CCNC(=O)c2nccnc2N)cc1. The van der Waals surface area contributed by atoms with E-state index in [1.807, 2.05) is 12.1 Å². The lowest BCUT2D eigenvalue weighted by Crippen LogP contribution is -2.27. The van der Waals surface area contributed by atoms with Gasteiger partial charge in [0.2, 0.25) is 0 Å². The first-order valence-corrected chi connectivity index (χ1v) is 6.63. The van der Waals surface area contributed by atoms with Gasteiger partial charge in [0, 0.05) is 18.9 Å². The fraction of sp³-hybridized carbons (Fsp3) is 0.200. The van der Waals surface area contributed by atoms with Crippen LogP contribution < -0.4 is 11.1 Å². The van der Waals surface area contributed by atoms with Crippen LogP contribution in [0.1, 0.15) is 26.4 Å². The van der Waals surface area contributed by atoms with Gasteiger partial charge in [0.15, 0.2) is 11.5 Å². The van der Waals surface area contributed by atoms with Crippen molar-refractivity contribution in [1.29, 1.82) is 0 Å². The molecule has 1 aromatic heterocycles. The number of methoxy groups -OCH3 is 1. The van der Waals surface area contributed by atoms with E-state index in [2.05, 4.69) is 20.0 Å². The molecule has 3 N–H and O–H groups in total. The lowest BCUT2D eigenvalue weighted by Gasteiger charge is -2.06. The highest BCUT2D eigenvalue weighted by molar-refractivity contribution is 5.96. The first-order valence-electron chi connectivity index (χ1n) is 6.63. The van der Waals surface area contributed by atoms with E-state index in [1.54, 1.807) is 12.1 Å². The van der Waals surface area contributed by atoms with Crippen LogP contribution in [0.25, 0.3) is 0 Å². The van der Waals surface area contributed by atoms with Gasteiger partial charge in [-0.15, -0.1) is 0 Å². The zero-order chi connectivity index (χ0) is 15.9. The van der Waals surface area contributed by atoms with Crippen LogP contribution >= 0.6 is 0 Å². The van der Waals surface area contributed by atoms with Gasteiger partial charge in [-0.1, -0.05) is 12.1 Å². The molecule has 2 rings (SSSR count). The normalized spacial score (nSPS) is 10.0. The van der Waals surface area contributed by atoms with Gasteiger partial charge in [-0.05, 0) is 24.1 Å². The summed E-state index contributed by atoms with van der Waals surface area (Å²) in [6.45, 7) is 0.423. The number of aromatic nitrogens is 2. The summed E-state index contributed by atoms with van der Waals surface area (Å²) in [5.41, 5.74) is 7.17. The van der Waals surface area contributed by atoms with Crippen molar-refractivity contribution in [2.45, 2.75) is 6.42 Å². The molecular formula is C15H16N4O3. The van der Waals surface area contributed by atoms with E-state index in [-0.39, 0.29) is 23.4 Å². The molecule has 0 spiro atoms. The monoisotopic (exact) mass is 300 g/mol. The highest BCUT2D eigenvalue weighted by Gasteiger charge is 2.11. The van der Waals surface area contributed by atoms with Crippen molar-refractivity contribution in [3.05, 3.63) is 53.5 Å². The summed E-state index contributed by atoms with van der Waals surface area (Å²) in [6, 6.07) is 7.00. The number of benzene rings is 1. The maximum atomic E-state index is 11.9. The summed E-state index contributed by atoms with van der Waals surface area (Å²) >= 11 is 0. The highest BCUT2D eigenvalue weighted by Crippen LogP contribution is 2.07. The summed E-state index contributed by atoms with van der Waals surface area (Å²) in [7, 11) is 1.34. The van der Waals surface area contributed by atoms with Crippen LogP contribution in [0.4, 0.5) is 5.82 Å². The Bertz CT molecular complexity index is 671. The molecule has 0 aliphatic rings. The molecular weight excluding hydrogens is 284 g/mol. The molecule has 114 valence electrons. The first-order chi connectivity index (χ1) is 10.6. The molecule has 2 aromatic rings. The number of esters is 1. The van der Waals surface area contributed by atoms with Gasteiger partial charge in [0.05, 0.1) is 12.7 Å². The third-order valence-electron chi connectivity index (χ3n) is 3.02. The predicted molar refractivity (Wildman–Crippen MR) is 80.3 cm³/mol. The van der Waals surface area contributed by atoms with Gasteiger partial charge in [0.25, 0.3) is 5.91 Å². The predicted octanol–water partition coefficient (Wildman–Crippen LogP) is 0.818. The Kier molecular flexibility index (Phi) is 5.02. The Balaban J connectivity index is 1.87. The quantitative estimate of drug-likeness (QED) is 0.792. The van der Waals surface area contributed by atoms with E-state index in [0.29, 0.717) is 18.5 Å². The van der Waals surface area contributed by atoms with Crippen LogP contribution in [0.2, 0.25) is 0 Å². The third-order valence-corrected chi connectivity index (χ3v) is 3.02. The number of nitrogen functional groups attached to an aromatic ring is 1. The van der Waals surface area contributed by atoms with Crippen molar-refractivity contribution in [1.82, 2.24) is 15.3 Å². The van der Waals surface area contributed by atoms with Crippen molar-refractivity contribution in [2.75, 3.05) is 19.4 Å². The summed E-state index contributed by atoms with van der Waals surface area (Å²) in [6.07, 6.45) is 3.46. The number of rotatable bonds is 5. The largest absolute Gasteiger partial charge is 0.465 e.